The summed E-state index contributed by atoms with van der Waals surface area (Å²) in [5, 5.41) is 2.30. The molecule has 132 valence electrons. The molecule has 0 aromatic carbocycles. The Morgan fingerprint density at radius 1 is 0.545 bits per heavy atom. The van der Waals surface area contributed by atoms with Crippen LogP contribution in [0.5, 0.6) is 0 Å². The molecule has 22 heavy (non-hydrogen) atoms. The highest BCUT2D eigenvalue weighted by Gasteiger charge is 2.14. The lowest BCUT2D eigenvalue weighted by Crippen LogP contribution is -2.21. The van der Waals surface area contributed by atoms with Gasteiger partial charge in [-0.25, -0.2) is 5.01 Å². The van der Waals surface area contributed by atoms with E-state index in [1.165, 1.54) is 122 Å². The molecule has 0 amide bonds. The van der Waals surface area contributed by atoms with Gasteiger partial charge < -0.3 is 0 Å². The molecule has 2 heteroatoms. The molecule has 0 aromatic rings. The van der Waals surface area contributed by atoms with Gasteiger partial charge in [-0.2, -0.15) is 0 Å². The van der Waals surface area contributed by atoms with Crippen molar-refractivity contribution in [2.75, 3.05) is 19.6 Å². The first-order valence-corrected chi connectivity index (χ1v) is 10.4. The van der Waals surface area contributed by atoms with Gasteiger partial charge in [-0.3, -0.25) is 5.43 Å². The first-order valence-electron chi connectivity index (χ1n) is 10.4. The van der Waals surface area contributed by atoms with Crippen molar-refractivity contribution in [3.63, 3.8) is 0 Å². The van der Waals surface area contributed by atoms with E-state index in [-0.39, 0.29) is 0 Å². The smallest absolute Gasteiger partial charge is 0.0273 e. The van der Waals surface area contributed by atoms with Gasteiger partial charge in [0.1, 0.15) is 0 Å². The lowest BCUT2D eigenvalue weighted by atomic mass is 10.0. The summed E-state index contributed by atoms with van der Waals surface area (Å²) >= 11 is 0. The van der Waals surface area contributed by atoms with Gasteiger partial charge in [0.2, 0.25) is 0 Å². The lowest BCUT2D eigenvalue weighted by molar-refractivity contribution is 0.392. The van der Waals surface area contributed by atoms with Gasteiger partial charge in [0.25, 0.3) is 0 Å². The van der Waals surface area contributed by atoms with E-state index in [0.29, 0.717) is 0 Å². The molecule has 0 saturated carbocycles. The summed E-state index contributed by atoms with van der Waals surface area (Å²) in [4.78, 5) is 0. The fourth-order valence-electron chi connectivity index (χ4n) is 3.12. The van der Waals surface area contributed by atoms with Gasteiger partial charge in [0.15, 0.2) is 0 Å². The standard InChI is InChI=1S/C20H42N2/c1-2-3-4-5-6-7-8-9-10-11-12-13-14-15-16-17-18-21-22-19-20-22/h21H,2-20H2,1H3. The van der Waals surface area contributed by atoms with E-state index in [2.05, 4.69) is 17.4 Å². The topological polar surface area (TPSA) is 15.0 Å². The van der Waals surface area contributed by atoms with Crippen molar-refractivity contribution in [1.82, 2.24) is 10.4 Å². The molecular weight excluding hydrogens is 268 g/mol. The van der Waals surface area contributed by atoms with E-state index in [1.807, 2.05) is 0 Å². The van der Waals surface area contributed by atoms with E-state index in [9.17, 15) is 0 Å². The number of nitrogens with zero attached hydrogens (tertiary/aromatic N) is 1. The summed E-state index contributed by atoms with van der Waals surface area (Å²) in [6.45, 7) is 6.01. The average molecular weight is 311 g/mol. The van der Waals surface area contributed by atoms with Crippen LogP contribution < -0.4 is 5.43 Å². The maximum absolute atomic E-state index is 3.44. The number of rotatable bonds is 18. The Hall–Kier alpha value is -0.0800. The van der Waals surface area contributed by atoms with Crippen molar-refractivity contribution in [1.29, 1.82) is 0 Å². The van der Waals surface area contributed by atoms with Gasteiger partial charge in [0.05, 0.1) is 0 Å². The molecule has 1 rings (SSSR count). The van der Waals surface area contributed by atoms with E-state index >= 15 is 0 Å². The van der Waals surface area contributed by atoms with Crippen LogP contribution in [0.15, 0.2) is 0 Å². The molecule has 1 heterocycles. The Morgan fingerprint density at radius 3 is 1.27 bits per heavy atom. The average Bonchev–Trinajstić information content (AvgIpc) is 3.34. The molecule has 0 bridgehead atoms. The monoisotopic (exact) mass is 310 g/mol. The van der Waals surface area contributed by atoms with Crippen LogP contribution in [0.25, 0.3) is 0 Å². The Balaban J connectivity index is 1.59. The third kappa shape index (κ3) is 14.8. The van der Waals surface area contributed by atoms with Gasteiger partial charge in [-0.05, 0) is 6.42 Å². The van der Waals surface area contributed by atoms with E-state index < -0.39 is 0 Å². The van der Waals surface area contributed by atoms with Crippen LogP contribution >= 0.6 is 0 Å². The predicted molar refractivity (Wildman–Crippen MR) is 99.1 cm³/mol. The molecule has 0 aromatic heterocycles. The van der Waals surface area contributed by atoms with Crippen LogP contribution in [0.1, 0.15) is 110 Å². The maximum Gasteiger partial charge on any atom is 0.0273 e. The molecule has 2 nitrogen and oxygen atoms in total. The Bertz CT molecular complexity index is 214. The number of hydrogen-bond acceptors (Lipinski definition) is 2. The van der Waals surface area contributed by atoms with Crippen molar-refractivity contribution < 1.29 is 0 Å². The molecule has 0 radical (unpaired) electrons. The van der Waals surface area contributed by atoms with Crippen LogP contribution in [-0.2, 0) is 0 Å². The van der Waals surface area contributed by atoms with Crippen LogP contribution in [0, 0.1) is 0 Å². The van der Waals surface area contributed by atoms with E-state index in [0.717, 1.165) is 0 Å². The second-order valence-corrected chi connectivity index (χ2v) is 7.20. The fourth-order valence-corrected chi connectivity index (χ4v) is 3.12. The van der Waals surface area contributed by atoms with Gasteiger partial charge in [0, 0.05) is 19.6 Å². The summed E-state index contributed by atoms with van der Waals surface area (Å²) in [6, 6.07) is 0. The van der Waals surface area contributed by atoms with Gasteiger partial charge in [-0.15, -0.1) is 0 Å². The minimum atomic E-state index is 1.19. The summed E-state index contributed by atoms with van der Waals surface area (Å²) in [7, 11) is 0. The number of nitrogens with one attached hydrogen (secondary N) is 1. The molecule has 1 aliphatic rings. The zero-order valence-electron chi connectivity index (χ0n) is 15.4. The first kappa shape index (κ1) is 20.0. The normalized spacial score (nSPS) is 14.6. The van der Waals surface area contributed by atoms with Crippen molar-refractivity contribution in [2.45, 2.75) is 110 Å². The molecule has 1 aliphatic heterocycles. The first-order chi connectivity index (χ1) is 10.9. The summed E-state index contributed by atoms with van der Waals surface area (Å²) in [6.07, 6.45) is 23.2. The molecule has 0 aliphatic carbocycles. The van der Waals surface area contributed by atoms with E-state index in [1.54, 1.807) is 0 Å². The third-order valence-electron chi connectivity index (χ3n) is 4.81. The second kappa shape index (κ2) is 15.8. The largest absolute Gasteiger partial charge is 0.255 e. The van der Waals surface area contributed by atoms with Crippen LogP contribution in [0.2, 0.25) is 0 Å². The van der Waals surface area contributed by atoms with Crippen molar-refractivity contribution in [3.8, 4) is 0 Å². The Kier molecular flexibility index (Phi) is 14.3. The second-order valence-electron chi connectivity index (χ2n) is 7.20. The highest BCUT2D eigenvalue weighted by molar-refractivity contribution is 4.66. The number of hydrazine groups is 1. The molecule has 0 atom stereocenters. The number of unbranched alkanes of at least 4 members (excludes halogenated alkanes) is 15. The number of hydrogen-bond donors (Lipinski definition) is 1. The van der Waals surface area contributed by atoms with Crippen LogP contribution in [0.4, 0.5) is 0 Å². The van der Waals surface area contributed by atoms with Gasteiger partial charge >= 0.3 is 0 Å². The quantitative estimate of drug-likeness (QED) is 0.244. The van der Waals surface area contributed by atoms with Crippen molar-refractivity contribution >= 4 is 0 Å². The summed E-state index contributed by atoms with van der Waals surface area (Å²) in [5.74, 6) is 0. The predicted octanol–water partition coefficient (Wildman–Crippen LogP) is 6.07. The van der Waals surface area contributed by atoms with Gasteiger partial charge in [-0.1, -0.05) is 103 Å². The zero-order valence-corrected chi connectivity index (χ0v) is 15.4. The summed E-state index contributed by atoms with van der Waals surface area (Å²) < 4.78 is 0. The fraction of sp³-hybridized carbons (Fsp3) is 1.00. The highest BCUT2D eigenvalue weighted by atomic mass is 15.6. The van der Waals surface area contributed by atoms with E-state index in [4.69, 9.17) is 0 Å². The minimum absolute atomic E-state index is 1.19. The molecular formula is C20H42N2. The Labute approximate surface area is 140 Å². The maximum atomic E-state index is 3.44. The zero-order chi connectivity index (χ0) is 15.7. The SMILES string of the molecule is CCCCCCCCCCCCCCCCCCNN1CC1. The van der Waals surface area contributed by atoms with Crippen LogP contribution in [-0.4, -0.2) is 24.6 Å². The van der Waals surface area contributed by atoms with Crippen molar-refractivity contribution in [2.24, 2.45) is 0 Å². The van der Waals surface area contributed by atoms with Crippen LogP contribution in [0.3, 0.4) is 0 Å². The Morgan fingerprint density at radius 2 is 0.909 bits per heavy atom. The molecule has 1 fully saturated rings. The molecule has 1 saturated heterocycles. The highest BCUT2D eigenvalue weighted by Crippen LogP contribution is 2.13. The molecule has 1 N–H and O–H groups in total. The molecule has 0 spiro atoms. The third-order valence-corrected chi connectivity index (χ3v) is 4.81. The lowest BCUT2D eigenvalue weighted by Gasteiger charge is -2.05. The van der Waals surface area contributed by atoms with Crippen molar-refractivity contribution in [3.05, 3.63) is 0 Å². The minimum Gasteiger partial charge on any atom is -0.255 e. The summed E-state index contributed by atoms with van der Waals surface area (Å²) in [5.41, 5.74) is 3.44. The molecule has 0 unspecified atom stereocenters.